The number of hydrogen-bond donors (Lipinski definition) is 2. The predicted octanol–water partition coefficient (Wildman–Crippen LogP) is 2.19. The predicted molar refractivity (Wildman–Crippen MR) is 73.5 cm³/mol. The second-order valence-electron chi connectivity index (χ2n) is 6.30. The first kappa shape index (κ1) is 14.3. The van der Waals surface area contributed by atoms with Crippen molar-refractivity contribution in [3.8, 4) is 0 Å². The van der Waals surface area contributed by atoms with Crippen molar-refractivity contribution in [2.45, 2.75) is 51.6 Å². The van der Waals surface area contributed by atoms with Crippen LogP contribution in [0.4, 0.5) is 0 Å². The fourth-order valence-corrected chi connectivity index (χ4v) is 3.24. The molecule has 2 fully saturated rings. The van der Waals surface area contributed by atoms with Crippen LogP contribution in [0, 0.1) is 17.8 Å². The van der Waals surface area contributed by atoms with Crippen molar-refractivity contribution in [3.63, 3.8) is 0 Å². The summed E-state index contributed by atoms with van der Waals surface area (Å²) in [5, 5.41) is 13.6. The average Bonchev–Trinajstić information content (AvgIpc) is 2.42. The summed E-state index contributed by atoms with van der Waals surface area (Å²) >= 11 is 0. The second-order valence-corrected chi connectivity index (χ2v) is 6.30. The molecule has 106 valence electrons. The maximum absolute atomic E-state index is 10.1. The minimum Gasteiger partial charge on any atom is -0.392 e. The summed E-state index contributed by atoms with van der Waals surface area (Å²) in [6, 6.07) is 0. The zero-order chi connectivity index (χ0) is 12.8. The van der Waals surface area contributed by atoms with Gasteiger partial charge in [0.05, 0.1) is 6.10 Å². The van der Waals surface area contributed by atoms with E-state index in [1.807, 2.05) is 0 Å². The van der Waals surface area contributed by atoms with Gasteiger partial charge in [-0.2, -0.15) is 0 Å². The molecule has 2 aliphatic rings. The van der Waals surface area contributed by atoms with Gasteiger partial charge in [-0.3, -0.25) is 0 Å². The zero-order valence-corrected chi connectivity index (χ0v) is 11.7. The van der Waals surface area contributed by atoms with Gasteiger partial charge < -0.3 is 15.2 Å². The fourth-order valence-electron chi connectivity index (χ4n) is 3.24. The molecule has 1 atom stereocenters. The third-order valence-electron chi connectivity index (χ3n) is 4.73. The van der Waals surface area contributed by atoms with Crippen LogP contribution in [0.3, 0.4) is 0 Å². The molecule has 1 aliphatic heterocycles. The molecule has 0 bridgehead atoms. The normalized spacial score (nSPS) is 32.3. The molecule has 1 saturated carbocycles. The number of aliphatic hydroxyl groups excluding tert-OH is 1. The number of nitrogens with one attached hydrogen (secondary N) is 1. The standard InChI is InChI=1S/C15H29NO2/c1-12-2-4-13(5-3-12)10-16-11-15(17)14-6-8-18-9-7-14/h12-17H,2-11H2,1H3. The van der Waals surface area contributed by atoms with E-state index in [-0.39, 0.29) is 6.10 Å². The largest absolute Gasteiger partial charge is 0.392 e. The van der Waals surface area contributed by atoms with E-state index in [0.29, 0.717) is 5.92 Å². The molecular formula is C15H29NO2. The number of rotatable bonds is 5. The van der Waals surface area contributed by atoms with Gasteiger partial charge in [-0.15, -0.1) is 0 Å². The van der Waals surface area contributed by atoms with Gasteiger partial charge in [-0.1, -0.05) is 19.8 Å². The Kier molecular flexibility index (Phi) is 5.93. The molecule has 2 rings (SSSR count). The molecular weight excluding hydrogens is 226 g/mol. The minimum absolute atomic E-state index is 0.184. The molecule has 0 aromatic carbocycles. The molecule has 0 amide bonds. The van der Waals surface area contributed by atoms with E-state index in [2.05, 4.69) is 12.2 Å². The van der Waals surface area contributed by atoms with Crippen molar-refractivity contribution >= 4 is 0 Å². The number of aliphatic hydroxyl groups is 1. The summed E-state index contributed by atoms with van der Waals surface area (Å²) in [5.74, 6) is 2.20. The lowest BCUT2D eigenvalue weighted by Gasteiger charge is -2.29. The monoisotopic (exact) mass is 255 g/mol. The van der Waals surface area contributed by atoms with Crippen LogP contribution in [0.5, 0.6) is 0 Å². The highest BCUT2D eigenvalue weighted by Crippen LogP contribution is 2.27. The van der Waals surface area contributed by atoms with Crippen LogP contribution >= 0.6 is 0 Å². The van der Waals surface area contributed by atoms with Crippen molar-refractivity contribution < 1.29 is 9.84 Å². The van der Waals surface area contributed by atoms with Gasteiger partial charge in [0.1, 0.15) is 0 Å². The lowest BCUT2D eigenvalue weighted by molar-refractivity contribution is 0.00815. The van der Waals surface area contributed by atoms with E-state index in [0.717, 1.165) is 51.0 Å². The zero-order valence-electron chi connectivity index (χ0n) is 11.7. The first-order chi connectivity index (χ1) is 8.75. The van der Waals surface area contributed by atoms with Crippen molar-refractivity contribution in [2.24, 2.45) is 17.8 Å². The fraction of sp³-hybridized carbons (Fsp3) is 1.00. The summed E-state index contributed by atoms with van der Waals surface area (Å²) in [7, 11) is 0. The Morgan fingerprint density at radius 2 is 1.78 bits per heavy atom. The molecule has 3 nitrogen and oxygen atoms in total. The van der Waals surface area contributed by atoms with Crippen molar-refractivity contribution in [3.05, 3.63) is 0 Å². The van der Waals surface area contributed by atoms with Crippen LogP contribution in [0.25, 0.3) is 0 Å². The molecule has 3 heteroatoms. The molecule has 1 unspecified atom stereocenters. The molecule has 18 heavy (non-hydrogen) atoms. The van der Waals surface area contributed by atoms with Crippen LogP contribution in [0.2, 0.25) is 0 Å². The highest BCUT2D eigenvalue weighted by Gasteiger charge is 2.22. The van der Waals surface area contributed by atoms with Crippen LogP contribution in [-0.4, -0.2) is 37.5 Å². The van der Waals surface area contributed by atoms with Gasteiger partial charge in [-0.25, -0.2) is 0 Å². The topological polar surface area (TPSA) is 41.5 Å². The van der Waals surface area contributed by atoms with E-state index in [4.69, 9.17) is 4.74 Å². The summed E-state index contributed by atoms with van der Waals surface area (Å²) in [6.07, 6.45) is 7.34. The van der Waals surface area contributed by atoms with E-state index in [9.17, 15) is 5.11 Å². The van der Waals surface area contributed by atoms with Gasteiger partial charge >= 0.3 is 0 Å². The molecule has 0 radical (unpaired) electrons. The molecule has 2 N–H and O–H groups in total. The van der Waals surface area contributed by atoms with Gasteiger partial charge in [0.2, 0.25) is 0 Å². The maximum Gasteiger partial charge on any atom is 0.0694 e. The Bertz CT molecular complexity index is 221. The Morgan fingerprint density at radius 1 is 1.11 bits per heavy atom. The van der Waals surface area contributed by atoms with E-state index >= 15 is 0 Å². The van der Waals surface area contributed by atoms with E-state index < -0.39 is 0 Å². The third kappa shape index (κ3) is 4.52. The number of hydrogen-bond acceptors (Lipinski definition) is 3. The van der Waals surface area contributed by atoms with Crippen molar-refractivity contribution in [2.75, 3.05) is 26.3 Å². The SMILES string of the molecule is CC1CCC(CNCC(O)C2CCOCC2)CC1. The Balaban J connectivity index is 1.56. The van der Waals surface area contributed by atoms with E-state index in [1.165, 1.54) is 25.7 Å². The summed E-state index contributed by atoms with van der Waals surface area (Å²) in [5.41, 5.74) is 0. The second kappa shape index (κ2) is 7.46. The molecule has 0 aromatic rings. The molecule has 1 heterocycles. The van der Waals surface area contributed by atoms with Crippen LogP contribution in [0.1, 0.15) is 45.4 Å². The maximum atomic E-state index is 10.1. The Morgan fingerprint density at radius 3 is 2.44 bits per heavy atom. The van der Waals surface area contributed by atoms with Gasteiger partial charge in [0.25, 0.3) is 0 Å². The van der Waals surface area contributed by atoms with Crippen molar-refractivity contribution in [1.29, 1.82) is 0 Å². The van der Waals surface area contributed by atoms with Crippen molar-refractivity contribution in [1.82, 2.24) is 5.32 Å². The molecule has 0 aromatic heterocycles. The minimum atomic E-state index is -0.184. The highest BCUT2D eigenvalue weighted by atomic mass is 16.5. The highest BCUT2D eigenvalue weighted by molar-refractivity contribution is 4.76. The van der Waals surface area contributed by atoms with E-state index in [1.54, 1.807) is 0 Å². The lowest BCUT2D eigenvalue weighted by Crippen LogP contribution is -2.38. The molecule has 0 spiro atoms. The smallest absolute Gasteiger partial charge is 0.0694 e. The Hall–Kier alpha value is -0.120. The number of ether oxygens (including phenoxy) is 1. The van der Waals surface area contributed by atoms with Gasteiger partial charge in [0, 0.05) is 19.8 Å². The van der Waals surface area contributed by atoms with Gasteiger partial charge in [-0.05, 0) is 50.0 Å². The third-order valence-corrected chi connectivity index (χ3v) is 4.73. The Labute approximate surface area is 111 Å². The first-order valence-electron chi connectivity index (χ1n) is 7.72. The summed E-state index contributed by atoms with van der Waals surface area (Å²) in [4.78, 5) is 0. The van der Waals surface area contributed by atoms with Crippen LogP contribution in [-0.2, 0) is 4.74 Å². The molecule has 1 saturated heterocycles. The molecule has 1 aliphatic carbocycles. The van der Waals surface area contributed by atoms with Crippen LogP contribution < -0.4 is 5.32 Å². The average molecular weight is 255 g/mol. The summed E-state index contributed by atoms with van der Waals surface area (Å²) < 4.78 is 5.33. The van der Waals surface area contributed by atoms with Crippen LogP contribution in [0.15, 0.2) is 0 Å². The van der Waals surface area contributed by atoms with Gasteiger partial charge in [0.15, 0.2) is 0 Å². The quantitative estimate of drug-likeness (QED) is 0.791. The lowest BCUT2D eigenvalue weighted by atomic mass is 9.83. The summed E-state index contributed by atoms with van der Waals surface area (Å²) in [6.45, 7) is 5.85. The first-order valence-corrected chi connectivity index (χ1v) is 7.72.